The number of nitrogens with two attached hydrogens (primary N) is 1. The number of carbonyl (C=O) groups excluding carboxylic acids is 2. The van der Waals surface area contributed by atoms with Gasteiger partial charge in [-0.3, -0.25) is 9.59 Å². The molecule has 0 aliphatic carbocycles. The second kappa shape index (κ2) is 7.57. The molecule has 120 valence electrons. The number of primary amides is 1. The molecule has 0 heterocycles. The third kappa shape index (κ3) is 4.77. The Bertz CT molecular complexity index is 737. The van der Waals surface area contributed by atoms with Gasteiger partial charge in [0.1, 0.15) is 11.9 Å². The highest BCUT2D eigenvalue weighted by Gasteiger charge is 2.20. The summed E-state index contributed by atoms with van der Waals surface area (Å²) in [7, 11) is 0. The first-order valence-corrected chi connectivity index (χ1v) is 7.83. The first-order valence-electron chi connectivity index (χ1n) is 6.66. The van der Waals surface area contributed by atoms with E-state index in [0.29, 0.717) is 5.02 Å². The molecular formula is C16H13BrClFN2O2. The average Bonchev–Trinajstić information content (AvgIpc) is 2.50. The Labute approximate surface area is 145 Å². The smallest absolute Gasteiger partial charge is 0.251 e. The summed E-state index contributed by atoms with van der Waals surface area (Å²) in [5.41, 5.74) is 6.34. The number of amides is 2. The normalized spacial score (nSPS) is 11.8. The van der Waals surface area contributed by atoms with Gasteiger partial charge in [-0.1, -0.05) is 27.5 Å². The second-order valence-corrected chi connectivity index (χ2v) is 6.17. The standard InChI is InChI=1S/C16H13BrClFN2O2/c17-13-6-3-11(18)7-10(13)8-14(15(20)22)21-16(23)9-1-4-12(19)5-2-9/h1-7,14H,8H2,(H2,20,22)(H,21,23)/t14-/m0/s1. The summed E-state index contributed by atoms with van der Waals surface area (Å²) in [6, 6.07) is 9.22. The van der Waals surface area contributed by atoms with Crippen LogP contribution in [0, 0.1) is 5.82 Å². The predicted molar refractivity (Wildman–Crippen MR) is 89.7 cm³/mol. The van der Waals surface area contributed by atoms with Gasteiger partial charge >= 0.3 is 0 Å². The van der Waals surface area contributed by atoms with Crippen molar-refractivity contribution in [2.75, 3.05) is 0 Å². The molecule has 2 amide bonds. The van der Waals surface area contributed by atoms with Crippen molar-refractivity contribution in [3.05, 3.63) is 68.9 Å². The summed E-state index contributed by atoms with van der Waals surface area (Å²) < 4.78 is 13.6. The van der Waals surface area contributed by atoms with E-state index in [0.717, 1.165) is 10.0 Å². The van der Waals surface area contributed by atoms with Crippen LogP contribution in [0.2, 0.25) is 5.02 Å². The molecular weight excluding hydrogens is 387 g/mol. The maximum absolute atomic E-state index is 12.9. The molecule has 0 fully saturated rings. The third-order valence-corrected chi connectivity index (χ3v) is 4.20. The molecule has 0 saturated heterocycles. The van der Waals surface area contributed by atoms with Crippen LogP contribution >= 0.6 is 27.5 Å². The van der Waals surface area contributed by atoms with Crippen LogP contribution < -0.4 is 11.1 Å². The molecule has 4 nitrogen and oxygen atoms in total. The van der Waals surface area contributed by atoms with Crippen molar-refractivity contribution in [1.82, 2.24) is 5.32 Å². The van der Waals surface area contributed by atoms with E-state index in [1.54, 1.807) is 18.2 Å². The molecule has 2 aromatic carbocycles. The van der Waals surface area contributed by atoms with Crippen LogP contribution in [0.25, 0.3) is 0 Å². The average molecular weight is 400 g/mol. The molecule has 2 aromatic rings. The first kappa shape index (κ1) is 17.4. The van der Waals surface area contributed by atoms with E-state index in [9.17, 15) is 14.0 Å². The molecule has 2 rings (SSSR count). The maximum Gasteiger partial charge on any atom is 0.251 e. The van der Waals surface area contributed by atoms with Gasteiger partial charge in [-0.25, -0.2) is 4.39 Å². The van der Waals surface area contributed by atoms with Crippen molar-refractivity contribution < 1.29 is 14.0 Å². The van der Waals surface area contributed by atoms with Crippen molar-refractivity contribution in [3.63, 3.8) is 0 Å². The fourth-order valence-corrected chi connectivity index (χ4v) is 2.59. The van der Waals surface area contributed by atoms with Crippen molar-refractivity contribution in [2.24, 2.45) is 5.73 Å². The first-order chi connectivity index (χ1) is 10.9. The predicted octanol–water partition coefficient (Wildman–Crippen LogP) is 3.07. The van der Waals surface area contributed by atoms with E-state index in [-0.39, 0.29) is 12.0 Å². The quantitative estimate of drug-likeness (QED) is 0.811. The van der Waals surface area contributed by atoms with Crippen molar-refractivity contribution in [3.8, 4) is 0 Å². The largest absolute Gasteiger partial charge is 0.368 e. The summed E-state index contributed by atoms with van der Waals surface area (Å²) in [5.74, 6) is -1.63. The summed E-state index contributed by atoms with van der Waals surface area (Å²) in [4.78, 5) is 23.8. The van der Waals surface area contributed by atoms with E-state index >= 15 is 0 Å². The van der Waals surface area contributed by atoms with E-state index in [1.807, 2.05) is 0 Å². The third-order valence-electron chi connectivity index (χ3n) is 3.19. The second-order valence-electron chi connectivity index (χ2n) is 4.88. The van der Waals surface area contributed by atoms with E-state index < -0.39 is 23.7 Å². The number of nitrogens with one attached hydrogen (secondary N) is 1. The zero-order chi connectivity index (χ0) is 17.0. The van der Waals surface area contributed by atoms with E-state index in [2.05, 4.69) is 21.2 Å². The minimum Gasteiger partial charge on any atom is -0.368 e. The SMILES string of the molecule is NC(=O)[C@H](Cc1cc(Cl)ccc1Br)NC(=O)c1ccc(F)cc1. The lowest BCUT2D eigenvalue weighted by Crippen LogP contribution is -2.45. The molecule has 0 aliphatic rings. The minimum absolute atomic E-state index is 0.184. The molecule has 1 atom stereocenters. The van der Waals surface area contributed by atoms with Gasteiger partial charge < -0.3 is 11.1 Å². The lowest BCUT2D eigenvalue weighted by atomic mass is 10.0. The molecule has 3 N–H and O–H groups in total. The molecule has 0 bridgehead atoms. The summed E-state index contributed by atoms with van der Waals surface area (Å²) >= 11 is 9.30. The molecule has 0 radical (unpaired) electrons. The van der Waals surface area contributed by atoms with Gasteiger partial charge in [-0.2, -0.15) is 0 Å². The van der Waals surface area contributed by atoms with Gasteiger partial charge in [0.05, 0.1) is 0 Å². The highest BCUT2D eigenvalue weighted by molar-refractivity contribution is 9.10. The molecule has 0 aromatic heterocycles. The Kier molecular flexibility index (Phi) is 5.74. The molecule has 0 aliphatic heterocycles. The monoisotopic (exact) mass is 398 g/mol. The Morgan fingerprint density at radius 2 is 1.87 bits per heavy atom. The van der Waals surface area contributed by atoms with E-state index in [1.165, 1.54) is 24.3 Å². The highest BCUT2D eigenvalue weighted by Crippen LogP contribution is 2.22. The summed E-state index contributed by atoms with van der Waals surface area (Å²) in [6.45, 7) is 0. The Balaban J connectivity index is 2.15. The van der Waals surface area contributed by atoms with Gasteiger partial charge in [0, 0.05) is 21.5 Å². The lowest BCUT2D eigenvalue weighted by Gasteiger charge is -2.16. The molecule has 0 spiro atoms. The Morgan fingerprint density at radius 1 is 1.22 bits per heavy atom. The number of benzene rings is 2. The number of hydrogen-bond donors (Lipinski definition) is 2. The zero-order valence-corrected chi connectivity index (χ0v) is 14.2. The van der Waals surface area contributed by atoms with E-state index in [4.69, 9.17) is 17.3 Å². The van der Waals surface area contributed by atoms with Crippen LogP contribution in [0.3, 0.4) is 0 Å². The van der Waals surface area contributed by atoms with Crippen LogP contribution in [0.4, 0.5) is 4.39 Å². The number of hydrogen-bond acceptors (Lipinski definition) is 2. The number of halogens is 3. The van der Waals surface area contributed by atoms with Gasteiger partial charge in [0.2, 0.25) is 5.91 Å². The van der Waals surface area contributed by atoms with Crippen LogP contribution in [-0.2, 0) is 11.2 Å². The van der Waals surface area contributed by atoms with Crippen LogP contribution in [0.5, 0.6) is 0 Å². The van der Waals surface area contributed by atoms with Gasteiger partial charge in [-0.05, 0) is 48.0 Å². The number of carbonyl (C=O) groups is 2. The molecule has 23 heavy (non-hydrogen) atoms. The fourth-order valence-electron chi connectivity index (χ4n) is 1.99. The Hall–Kier alpha value is -1.92. The molecule has 0 unspecified atom stereocenters. The van der Waals surface area contributed by atoms with Crippen molar-refractivity contribution in [1.29, 1.82) is 0 Å². The molecule has 0 saturated carbocycles. The summed E-state index contributed by atoms with van der Waals surface area (Å²) in [5, 5.41) is 3.06. The van der Waals surface area contributed by atoms with Crippen LogP contribution in [-0.4, -0.2) is 17.9 Å². The fraction of sp³-hybridized carbons (Fsp3) is 0.125. The lowest BCUT2D eigenvalue weighted by molar-refractivity contribution is -0.119. The van der Waals surface area contributed by atoms with Crippen molar-refractivity contribution >= 4 is 39.3 Å². The van der Waals surface area contributed by atoms with Gasteiger partial charge in [-0.15, -0.1) is 0 Å². The van der Waals surface area contributed by atoms with Gasteiger partial charge in [0.25, 0.3) is 5.91 Å². The minimum atomic E-state index is -0.915. The van der Waals surface area contributed by atoms with Crippen LogP contribution in [0.1, 0.15) is 15.9 Å². The highest BCUT2D eigenvalue weighted by atomic mass is 79.9. The zero-order valence-electron chi connectivity index (χ0n) is 11.9. The Morgan fingerprint density at radius 3 is 2.48 bits per heavy atom. The summed E-state index contributed by atoms with van der Waals surface area (Å²) in [6.07, 6.45) is 0.184. The van der Waals surface area contributed by atoms with Gasteiger partial charge in [0.15, 0.2) is 0 Å². The van der Waals surface area contributed by atoms with Crippen molar-refractivity contribution in [2.45, 2.75) is 12.5 Å². The molecule has 7 heteroatoms. The maximum atomic E-state index is 12.9. The number of rotatable bonds is 5. The van der Waals surface area contributed by atoms with Crippen LogP contribution in [0.15, 0.2) is 46.9 Å². The topological polar surface area (TPSA) is 72.2 Å².